The number of nitrogens with zero attached hydrogens (tertiary/aromatic N) is 1. The molecule has 48 valence electrons. The maximum absolute atomic E-state index is 8.43. The van der Waals surface area contributed by atoms with Crippen LogP contribution in [-0.2, 0) is 0 Å². The van der Waals surface area contributed by atoms with Gasteiger partial charge in [-0.15, -0.1) is 0 Å². The lowest BCUT2D eigenvalue weighted by atomic mass is 9.99. The van der Waals surface area contributed by atoms with Crippen molar-refractivity contribution in [3.63, 3.8) is 0 Å². The summed E-state index contributed by atoms with van der Waals surface area (Å²) in [6.45, 7) is 1.52. The largest absolute Gasteiger partial charge is 0.315 e. The minimum absolute atomic E-state index is 0.168. The van der Waals surface area contributed by atoms with Gasteiger partial charge in [0.05, 0.1) is 12.0 Å². The molecule has 2 N–H and O–H groups in total. The van der Waals surface area contributed by atoms with Crippen molar-refractivity contribution in [1.82, 2.24) is 5.32 Å². The molecule has 0 saturated carbocycles. The molecule has 0 spiro atoms. The fourth-order valence-electron chi connectivity index (χ4n) is 0.890. The van der Waals surface area contributed by atoms with Crippen molar-refractivity contribution in [1.29, 1.82) is 10.7 Å². The minimum Gasteiger partial charge on any atom is -0.315 e. The predicted octanol–water partition coefficient (Wildman–Crippen LogP) is 0.139. The van der Waals surface area contributed by atoms with Crippen molar-refractivity contribution in [2.45, 2.75) is 6.42 Å². The summed E-state index contributed by atoms with van der Waals surface area (Å²) >= 11 is 0. The molecule has 9 heavy (non-hydrogen) atoms. The second-order valence-corrected chi connectivity index (χ2v) is 2.16. The van der Waals surface area contributed by atoms with Gasteiger partial charge < -0.3 is 10.7 Å². The van der Waals surface area contributed by atoms with Gasteiger partial charge in [-0.3, -0.25) is 0 Å². The van der Waals surface area contributed by atoms with Gasteiger partial charge in [-0.05, 0) is 6.42 Å². The van der Waals surface area contributed by atoms with Crippen molar-refractivity contribution in [3.8, 4) is 6.07 Å². The van der Waals surface area contributed by atoms with Crippen LogP contribution in [0.1, 0.15) is 6.42 Å². The number of piperidine rings is 1. The van der Waals surface area contributed by atoms with Crippen molar-refractivity contribution in [2.24, 2.45) is 5.92 Å². The van der Waals surface area contributed by atoms with E-state index in [1.54, 1.807) is 0 Å². The predicted molar refractivity (Wildman–Crippen MR) is 34.3 cm³/mol. The normalized spacial score (nSPS) is 27.4. The standard InChI is InChI=1S/C6H9N3/c7-3-5-4-9-2-1-6(5)8/h5,8-9H,1-2,4H2. The van der Waals surface area contributed by atoms with Gasteiger partial charge in [0.1, 0.15) is 0 Å². The molecule has 1 aliphatic heterocycles. The van der Waals surface area contributed by atoms with Crippen LogP contribution in [0.3, 0.4) is 0 Å². The minimum atomic E-state index is -0.168. The molecule has 0 aromatic carbocycles. The van der Waals surface area contributed by atoms with Crippen LogP contribution in [0, 0.1) is 22.7 Å². The Morgan fingerprint density at radius 1 is 1.78 bits per heavy atom. The Labute approximate surface area is 54.2 Å². The van der Waals surface area contributed by atoms with Gasteiger partial charge in [-0.1, -0.05) is 0 Å². The van der Waals surface area contributed by atoms with Gasteiger partial charge in [0.25, 0.3) is 0 Å². The highest BCUT2D eigenvalue weighted by molar-refractivity contribution is 5.87. The molecule has 3 nitrogen and oxygen atoms in total. The van der Waals surface area contributed by atoms with Crippen LogP contribution in [0.5, 0.6) is 0 Å². The summed E-state index contributed by atoms with van der Waals surface area (Å²) in [6.07, 6.45) is 0.734. The fraction of sp³-hybridized carbons (Fsp3) is 0.667. The van der Waals surface area contributed by atoms with Gasteiger partial charge in [0, 0.05) is 18.8 Å². The molecule has 1 unspecified atom stereocenters. The van der Waals surface area contributed by atoms with Gasteiger partial charge in [-0.2, -0.15) is 5.26 Å². The third-order valence-corrected chi connectivity index (χ3v) is 1.50. The molecule has 3 heteroatoms. The van der Waals surface area contributed by atoms with E-state index in [9.17, 15) is 0 Å². The monoisotopic (exact) mass is 123 g/mol. The van der Waals surface area contributed by atoms with E-state index in [2.05, 4.69) is 11.4 Å². The average molecular weight is 123 g/mol. The van der Waals surface area contributed by atoms with E-state index in [4.69, 9.17) is 10.7 Å². The summed E-state index contributed by atoms with van der Waals surface area (Å²) in [5.41, 5.74) is 0.580. The maximum Gasteiger partial charge on any atom is 0.0962 e. The lowest BCUT2D eigenvalue weighted by Gasteiger charge is -2.17. The zero-order chi connectivity index (χ0) is 6.69. The van der Waals surface area contributed by atoms with Crippen molar-refractivity contribution >= 4 is 5.71 Å². The number of rotatable bonds is 0. The van der Waals surface area contributed by atoms with Crippen molar-refractivity contribution in [2.75, 3.05) is 13.1 Å². The zero-order valence-corrected chi connectivity index (χ0v) is 5.15. The van der Waals surface area contributed by atoms with Gasteiger partial charge in [-0.25, -0.2) is 0 Å². The van der Waals surface area contributed by atoms with Crippen LogP contribution in [0.25, 0.3) is 0 Å². The first-order valence-corrected chi connectivity index (χ1v) is 3.02. The van der Waals surface area contributed by atoms with E-state index in [-0.39, 0.29) is 5.92 Å². The Morgan fingerprint density at radius 2 is 2.56 bits per heavy atom. The number of hydrogen-bond acceptors (Lipinski definition) is 3. The van der Waals surface area contributed by atoms with E-state index in [1.807, 2.05) is 0 Å². The molecule has 0 radical (unpaired) electrons. The highest BCUT2D eigenvalue weighted by Crippen LogP contribution is 2.03. The fourth-order valence-corrected chi connectivity index (χ4v) is 0.890. The van der Waals surface area contributed by atoms with Crippen LogP contribution in [0.4, 0.5) is 0 Å². The molecule has 0 amide bonds. The summed E-state index contributed by atoms with van der Waals surface area (Å²) < 4.78 is 0. The molecule has 1 rings (SSSR count). The van der Waals surface area contributed by atoms with Crippen molar-refractivity contribution < 1.29 is 0 Å². The number of hydrogen-bond donors (Lipinski definition) is 2. The van der Waals surface area contributed by atoms with Crippen LogP contribution >= 0.6 is 0 Å². The molecule has 0 aliphatic carbocycles. The first kappa shape index (κ1) is 6.24. The molecule has 1 atom stereocenters. The van der Waals surface area contributed by atoms with E-state index in [1.165, 1.54) is 0 Å². The summed E-state index contributed by atoms with van der Waals surface area (Å²) in [5, 5.41) is 18.8. The maximum atomic E-state index is 8.43. The van der Waals surface area contributed by atoms with E-state index < -0.39 is 0 Å². The Kier molecular flexibility index (Phi) is 1.81. The molecular weight excluding hydrogens is 114 g/mol. The number of nitriles is 1. The highest BCUT2D eigenvalue weighted by Gasteiger charge is 2.16. The molecule has 1 fully saturated rings. The lowest BCUT2D eigenvalue weighted by Crippen LogP contribution is -2.35. The van der Waals surface area contributed by atoms with Gasteiger partial charge in [0.15, 0.2) is 0 Å². The Morgan fingerprint density at radius 3 is 3.00 bits per heavy atom. The van der Waals surface area contributed by atoms with Crippen LogP contribution in [-0.4, -0.2) is 18.8 Å². The Hall–Kier alpha value is -0.880. The van der Waals surface area contributed by atoms with Gasteiger partial charge >= 0.3 is 0 Å². The SMILES string of the molecule is N#CC1CNCCC1=N. The zero-order valence-electron chi connectivity index (χ0n) is 5.15. The number of nitrogens with one attached hydrogen (secondary N) is 2. The summed E-state index contributed by atoms with van der Waals surface area (Å²) in [6, 6.07) is 2.07. The van der Waals surface area contributed by atoms with Gasteiger partial charge in [0.2, 0.25) is 0 Å². The van der Waals surface area contributed by atoms with E-state index in [0.29, 0.717) is 12.3 Å². The van der Waals surface area contributed by atoms with Crippen LogP contribution in [0.15, 0.2) is 0 Å². The summed E-state index contributed by atoms with van der Waals surface area (Å²) in [7, 11) is 0. The van der Waals surface area contributed by atoms with Crippen molar-refractivity contribution in [3.05, 3.63) is 0 Å². The highest BCUT2D eigenvalue weighted by atomic mass is 14.9. The first-order valence-electron chi connectivity index (χ1n) is 3.02. The lowest BCUT2D eigenvalue weighted by molar-refractivity contribution is 0.609. The smallest absolute Gasteiger partial charge is 0.0962 e. The molecule has 0 aromatic rings. The summed E-state index contributed by atoms with van der Waals surface area (Å²) in [5.74, 6) is -0.168. The molecule has 0 aromatic heterocycles. The van der Waals surface area contributed by atoms with E-state index >= 15 is 0 Å². The molecule has 0 bridgehead atoms. The molecular formula is C6H9N3. The Bertz CT molecular complexity index is 156. The second-order valence-electron chi connectivity index (χ2n) is 2.16. The van der Waals surface area contributed by atoms with Crippen LogP contribution in [0.2, 0.25) is 0 Å². The first-order chi connectivity index (χ1) is 4.34. The summed E-state index contributed by atoms with van der Waals surface area (Å²) in [4.78, 5) is 0. The Balaban J connectivity index is 2.51. The molecule has 1 saturated heterocycles. The molecule has 1 heterocycles. The molecule has 1 aliphatic rings. The van der Waals surface area contributed by atoms with E-state index in [0.717, 1.165) is 13.0 Å². The third-order valence-electron chi connectivity index (χ3n) is 1.50. The average Bonchev–Trinajstić information content (AvgIpc) is 1.89. The topological polar surface area (TPSA) is 59.7 Å². The third kappa shape index (κ3) is 1.27. The second kappa shape index (κ2) is 2.60. The van der Waals surface area contributed by atoms with Crippen LogP contribution < -0.4 is 5.32 Å². The quantitative estimate of drug-likeness (QED) is 0.481.